The van der Waals surface area contributed by atoms with Crippen LogP contribution < -0.4 is 0 Å². The largest absolute Gasteiger partial charge is 0.0616 e. The van der Waals surface area contributed by atoms with Crippen LogP contribution in [-0.4, -0.2) is 0 Å². The molecule has 0 heteroatoms. The highest BCUT2D eigenvalue weighted by atomic mass is 14.1. The molecule has 0 bridgehead atoms. The quantitative estimate of drug-likeness (QED) is 0.201. The van der Waals surface area contributed by atoms with Crippen molar-refractivity contribution in [2.45, 2.75) is 27.7 Å². The van der Waals surface area contributed by atoms with Crippen LogP contribution in [0.2, 0.25) is 0 Å². The predicted molar refractivity (Wildman–Crippen MR) is 113 cm³/mol. The van der Waals surface area contributed by atoms with E-state index >= 15 is 0 Å². The summed E-state index contributed by atoms with van der Waals surface area (Å²) in [5.74, 6) is 0. The highest BCUT2D eigenvalue weighted by molar-refractivity contribution is 6.28. The third-order valence-electron chi connectivity index (χ3n) is 4.37. The van der Waals surface area contributed by atoms with E-state index in [0.717, 1.165) is 0 Å². The molecule has 0 saturated heterocycles. The van der Waals surface area contributed by atoms with Gasteiger partial charge in [-0.05, 0) is 54.6 Å². The second kappa shape index (κ2) is 5.74. The molecule has 0 aromatic heterocycles. The van der Waals surface area contributed by atoms with Crippen molar-refractivity contribution >= 4 is 43.1 Å². The molecule has 124 valence electrons. The topological polar surface area (TPSA) is 0 Å². The maximum Gasteiger partial charge on any atom is -0.00204 e. The SMILES string of the molecule is CC(C)(C)C.c1ccc2c(c1)cc1ccc3cccc4ccc2c1c34. The molecule has 25 heavy (non-hydrogen) atoms. The first-order chi connectivity index (χ1) is 11.9. The Balaban J connectivity index is 0.000000280. The number of fused-ring (bicyclic) bond motifs is 2. The molecule has 0 N–H and O–H groups in total. The molecule has 0 spiro atoms. The molecule has 0 nitrogen and oxygen atoms in total. The molecule has 0 amide bonds. The Morgan fingerprint density at radius 2 is 1.04 bits per heavy atom. The van der Waals surface area contributed by atoms with Crippen LogP contribution in [0.25, 0.3) is 43.1 Å². The lowest BCUT2D eigenvalue weighted by Gasteiger charge is -2.12. The molecule has 5 aromatic carbocycles. The fourth-order valence-electron chi connectivity index (χ4n) is 3.49. The Kier molecular flexibility index (Phi) is 3.65. The molecular weight excluding hydrogens is 300 g/mol. The van der Waals surface area contributed by atoms with Crippen molar-refractivity contribution < 1.29 is 0 Å². The first-order valence-electron chi connectivity index (χ1n) is 8.97. The normalized spacial score (nSPS) is 12.0. The zero-order valence-electron chi connectivity index (χ0n) is 15.4. The van der Waals surface area contributed by atoms with Crippen molar-refractivity contribution in [3.8, 4) is 0 Å². The molecule has 5 rings (SSSR count). The maximum absolute atomic E-state index is 2.31. The molecule has 0 aliphatic heterocycles. The Bertz CT molecular complexity index is 1150. The Labute approximate surface area is 149 Å². The van der Waals surface area contributed by atoms with E-state index in [1.165, 1.54) is 43.1 Å². The lowest BCUT2D eigenvalue weighted by Crippen LogP contribution is -1.93. The van der Waals surface area contributed by atoms with Gasteiger partial charge in [0.2, 0.25) is 0 Å². The van der Waals surface area contributed by atoms with E-state index in [9.17, 15) is 0 Å². The van der Waals surface area contributed by atoms with Crippen LogP contribution in [0.15, 0.2) is 72.8 Å². The monoisotopic (exact) mass is 324 g/mol. The van der Waals surface area contributed by atoms with Crippen molar-refractivity contribution in [1.29, 1.82) is 0 Å². The number of hydrogen-bond donors (Lipinski definition) is 0. The lowest BCUT2D eigenvalue weighted by atomic mass is 9.91. The first kappa shape index (κ1) is 15.9. The van der Waals surface area contributed by atoms with Crippen LogP contribution in [0.3, 0.4) is 0 Å². The number of hydrogen-bond acceptors (Lipinski definition) is 0. The highest BCUT2D eigenvalue weighted by Crippen LogP contribution is 2.38. The molecule has 0 aliphatic carbocycles. The minimum absolute atomic E-state index is 0.500. The summed E-state index contributed by atoms with van der Waals surface area (Å²) in [5, 5.41) is 10.8. The van der Waals surface area contributed by atoms with Gasteiger partial charge >= 0.3 is 0 Å². The van der Waals surface area contributed by atoms with Gasteiger partial charge in [-0.2, -0.15) is 0 Å². The summed E-state index contributed by atoms with van der Waals surface area (Å²) >= 11 is 0. The van der Waals surface area contributed by atoms with Crippen molar-refractivity contribution in [1.82, 2.24) is 0 Å². The summed E-state index contributed by atoms with van der Waals surface area (Å²) in [4.78, 5) is 0. The standard InChI is InChI=1S/C20H12.C5H12/c1-2-7-17-15(4-1)12-16-9-8-13-5-3-6-14-10-11-18(17)20(16)19(13)14;1-5(2,3)4/h1-12H;1-4H3. The Morgan fingerprint density at radius 1 is 0.480 bits per heavy atom. The van der Waals surface area contributed by atoms with Gasteiger partial charge in [-0.1, -0.05) is 94.4 Å². The fourth-order valence-corrected chi connectivity index (χ4v) is 3.49. The molecule has 0 heterocycles. The van der Waals surface area contributed by atoms with Crippen molar-refractivity contribution in [3.63, 3.8) is 0 Å². The first-order valence-corrected chi connectivity index (χ1v) is 8.97. The van der Waals surface area contributed by atoms with E-state index in [1.807, 2.05) is 0 Å². The van der Waals surface area contributed by atoms with Gasteiger partial charge in [0.05, 0.1) is 0 Å². The van der Waals surface area contributed by atoms with Gasteiger partial charge in [-0.15, -0.1) is 0 Å². The second-order valence-electron chi connectivity index (χ2n) is 8.45. The van der Waals surface area contributed by atoms with Crippen LogP contribution in [0, 0.1) is 5.41 Å². The lowest BCUT2D eigenvalue weighted by molar-refractivity contribution is 0.469. The molecule has 5 aromatic rings. The maximum atomic E-state index is 2.31. The third kappa shape index (κ3) is 2.93. The molecule has 0 aliphatic rings. The third-order valence-corrected chi connectivity index (χ3v) is 4.37. The van der Waals surface area contributed by atoms with Crippen molar-refractivity contribution in [3.05, 3.63) is 72.8 Å². The summed E-state index contributed by atoms with van der Waals surface area (Å²) < 4.78 is 0. The van der Waals surface area contributed by atoms with Crippen LogP contribution >= 0.6 is 0 Å². The van der Waals surface area contributed by atoms with Crippen LogP contribution in [-0.2, 0) is 0 Å². The predicted octanol–water partition coefficient (Wildman–Crippen LogP) is 7.79. The molecule has 0 radical (unpaired) electrons. The number of benzene rings is 5. The number of rotatable bonds is 0. The average Bonchev–Trinajstić information content (AvgIpc) is 2.58. The highest BCUT2D eigenvalue weighted by Gasteiger charge is 2.09. The second-order valence-corrected chi connectivity index (χ2v) is 8.45. The summed E-state index contributed by atoms with van der Waals surface area (Å²) in [7, 11) is 0. The van der Waals surface area contributed by atoms with Gasteiger partial charge < -0.3 is 0 Å². The van der Waals surface area contributed by atoms with Crippen molar-refractivity contribution in [2.24, 2.45) is 5.41 Å². The Morgan fingerprint density at radius 3 is 1.76 bits per heavy atom. The smallest absolute Gasteiger partial charge is 0.00204 e. The van der Waals surface area contributed by atoms with E-state index in [0.29, 0.717) is 5.41 Å². The van der Waals surface area contributed by atoms with E-state index in [1.54, 1.807) is 0 Å². The molecule has 0 saturated carbocycles. The van der Waals surface area contributed by atoms with Gasteiger partial charge in [0.25, 0.3) is 0 Å². The minimum Gasteiger partial charge on any atom is -0.0616 e. The summed E-state index contributed by atoms with van der Waals surface area (Å²) in [6, 6.07) is 26.5. The van der Waals surface area contributed by atoms with Gasteiger partial charge in [0.1, 0.15) is 0 Å². The average molecular weight is 324 g/mol. The molecule has 0 atom stereocenters. The summed E-state index contributed by atoms with van der Waals surface area (Å²) in [6.07, 6.45) is 0. The summed E-state index contributed by atoms with van der Waals surface area (Å²) in [5.41, 5.74) is 0.500. The van der Waals surface area contributed by atoms with E-state index in [2.05, 4.69) is 100 Å². The van der Waals surface area contributed by atoms with E-state index in [-0.39, 0.29) is 0 Å². The Hall–Kier alpha value is -2.60. The van der Waals surface area contributed by atoms with Gasteiger partial charge in [-0.3, -0.25) is 0 Å². The minimum atomic E-state index is 0.500. The fraction of sp³-hybridized carbons (Fsp3) is 0.200. The molecular formula is C25H24. The van der Waals surface area contributed by atoms with E-state index in [4.69, 9.17) is 0 Å². The zero-order valence-corrected chi connectivity index (χ0v) is 15.4. The van der Waals surface area contributed by atoms with Crippen LogP contribution in [0.4, 0.5) is 0 Å². The van der Waals surface area contributed by atoms with Crippen molar-refractivity contribution in [2.75, 3.05) is 0 Å². The molecule has 0 fully saturated rings. The van der Waals surface area contributed by atoms with Gasteiger partial charge in [0, 0.05) is 0 Å². The van der Waals surface area contributed by atoms with Gasteiger partial charge in [0.15, 0.2) is 0 Å². The van der Waals surface area contributed by atoms with Crippen LogP contribution in [0.1, 0.15) is 27.7 Å². The van der Waals surface area contributed by atoms with Crippen LogP contribution in [0.5, 0.6) is 0 Å². The van der Waals surface area contributed by atoms with Gasteiger partial charge in [-0.25, -0.2) is 0 Å². The summed E-state index contributed by atoms with van der Waals surface area (Å²) in [6.45, 7) is 8.75. The molecule has 0 unspecified atom stereocenters. The van der Waals surface area contributed by atoms with E-state index < -0.39 is 0 Å². The zero-order chi connectivity index (χ0) is 17.6.